The minimum Gasteiger partial charge on any atom is -0.325 e. The Morgan fingerprint density at radius 3 is 2.15 bits per heavy atom. The second-order valence-corrected chi connectivity index (χ2v) is 5.51. The van der Waals surface area contributed by atoms with Gasteiger partial charge in [-0.25, -0.2) is 9.97 Å². The Kier molecular flexibility index (Phi) is 5.75. The molecule has 1 aromatic carbocycles. The molecule has 0 aliphatic rings. The summed E-state index contributed by atoms with van der Waals surface area (Å²) in [6.07, 6.45) is 1.71. The monoisotopic (exact) mass is 295 g/mol. The zero-order valence-corrected chi connectivity index (χ0v) is 12.1. The van der Waals surface area contributed by atoms with Gasteiger partial charge >= 0.3 is 0 Å². The number of benzene rings is 1. The molecule has 2 rings (SSSR count). The Hall–Kier alpha value is -1.83. The van der Waals surface area contributed by atoms with Crippen molar-refractivity contribution in [2.75, 3.05) is 0 Å². The van der Waals surface area contributed by atoms with E-state index in [0.29, 0.717) is 6.54 Å². The smallest absolute Gasteiger partial charge is 0.294 e. The van der Waals surface area contributed by atoms with Crippen LogP contribution in [0.2, 0.25) is 0 Å². The predicted octanol–water partition coefficient (Wildman–Crippen LogP) is 1.49. The lowest BCUT2D eigenvalue weighted by Gasteiger charge is -1.95. The summed E-state index contributed by atoms with van der Waals surface area (Å²) in [4.78, 5) is 7.91. The first-order chi connectivity index (χ1) is 9.32. The van der Waals surface area contributed by atoms with Crippen molar-refractivity contribution in [1.29, 1.82) is 0 Å². The average Bonchev–Trinajstić information content (AvgIpc) is 2.39. The average molecular weight is 295 g/mol. The SMILES string of the molecule is Cc1ccc(S(=O)(=O)O)cc1.Cc1nccc(CN)n1. The summed E-state index contributed by atoms with van der Waals surface area (Å²) in [6, 6.07) is 7.80. The number of hydrogen-bond acceptors (Lipinski definition) is 5. The predicted molar refractivity (Wildman–Crippen MR) is 75.7 cm³/mol. The summed E-state index contributed by atoms with van der Waals surface area (Å²) < 4.78 is 29.6. The summed E-state index contributed by atoms with van der Waals surface area (Å²) >= 11 is 0. The summed E-state index contributed by atoms with van der Waals surface area (Å²) in [5.41, 5.74) is 7.18. The fourth-order valence-corrected chi connectivity index (χ4v) is 1.81. The van der Waals surface area contributed by atoms with Gasteiger partial charge in [-0.2, -0.15) is 8.42 Å². The van der Waals surface area contributed by atoms with Crippen molar-refractivity contribution in [3.05, 3.63) is 53.6 Å². The second-order valence-electron chi connectivity index (χ2n) is 4.09. The van der Waals surface area contributed by atoms with Crippen molar-refractivity contribution in [2.24, 2.45) is 5.73 Å². The first-order valence-corrected chi connectivity index (χ1v) is 7.29. The van der Waals surface area contributed by atoms with E-state index in [2.05, 4.69) is 9.97 Å². The Morgan fingerprint density at radius 2 is 1.75 bits per heavy atom. The van der Waals surface area contributed by atoms with E-state index < -0.39 is 10.1 Å². The molecule has 20 heavy (non-hydrogen) atoms. The Bertz CT molecular complexity index is 655. The highest BCUT2D eigenvalue weighted by Crippen LogP contribution is 2.08. The standard InChI is InChI=1S/C7H8O3S.C6H9N3/c1-6-2-4-7(5-3-6)11(8,9)10;1-5-8-3-2-6(4-7)9-5/h2-5H,1H3,(H,8,9,10);2-3H,4,7H2,1H3. The van der Waals surface area contributed by atoms with E-state index >= 15 is 0 Å². The van der Waals surface area contributed by atoms with Crippen LogP contribution in [0.25, 0.3) is 0 Å². The molecule has 0 radical (unpaired) electrons. The third-order valence-electron chi connectivity index (χ3n) is 2.36. The zero-order chi connectivity index (χ0) is 15.2. The van der Waals surface area contributed by atoms with Crippen molar-refractivity contribution >= 4 is 10.1 Å². The molecule has 0 bridgehead atoms. The van der Waals surface area contributed by atoms with Crippen LogP contribution in [-0.2, 0) is 16.7 Å². The van der Waals surface area contributed by atoms with Gasteiger partial charge in [0, 0.05) is 12.7 Å². The Morgan fingerprint density at radius 1 is 1.15 bits per heavy atom. The van der Waals surface area contributed by atoms with Gasteiger partial charge in [-0.15, -0.1) is 0 Å². The maximum absolute atomic E-state index is 10.5. The lowest BCUT2D eigenvalue weighted by atomic mass is 10.2. The van der Waals surface area contributed by atoms with Gasteiger partial charge in [0.25, 0.3) is 10.1 Å². The molecule has 0 aliphatic heterocycles. The number of aryl methyl sites for hydroxylation is 2. The van der Waals surface area contributed by atoms with E-state index in [4.69, 9.17) is 10.3 Å². The molecule has 0 amide bonds. The van der Waals surface area contributed by atoms with Gasteiger partial charge in [-0.1, -0.05) is 17.7 Å². The fourth-order valence-electron chi connectivity index (χ4n) is 1.33. The van der Waals surface area contributed by atoms with E-state index in [1.54, 1.807) is 18.3 Å². The van der Waals surface area contributed by atoms with Gasteiger partial charge in [-0.05, 0) is 32.0 Å². The minimum absolute atomic E-state index is 0.0666. The normalized spacial score (nSPS) is 10.6. The molecule has 0 saturated heterocycles. The van der Waals surface area contributed by atoms with Crippen molar-refractivity contribution in [1.82, 2.24) is 9.97 Å². The topological polar surface area (TPSA) is 106 Å². The molecule has 108 valence electrons. The lowest BCUT2D eigenvalue weighted by molar-refractivity contribution is 0.483. The summed E-state index contributed by atoms with van der Waals surface area (Å²) in [5, 5.41) is 0. The minimum atomic E-state index is -4.02. The number of aromatic nitrogens is 2. The molecule has 0 spiro atoms. The molecule has 3 N–H and O–H groups in total. The third kappa shape index (κ3) is 5.43. The van der Waals surface area contributed by atoms with Crippen LogP contribution in [-0.4, -0.2) is 22.9 Å². The lowest BCUT2D eigenvalue weighted by Crippen LogP contribution is -2.00. The highest BCUT2D eigenvalue weighted by Gasteiger charge is 2.06. The van der Waals surface area contributed by atoms with Crippen molar-refractivity contribution in [2.45, 2.75) is 25.3 Å². The largest absolute Gasteiger partial charge is 0.325 e. The van der Waals surface area contributed by atoms with Crippen LogP contribution < -0.4 is 5.73 Å². The molecule has 7 heteroatoms. The first kappa shape index (κ1) is 16.2. The van der Waals surface area contributed by atoms with Gasteiger partial charge in [0.05, 0.1) is 10.6 Å². The van der Waals surface area contributed by atoms with Crippen molar-refractivity contribution < 1.29 is 13.0 Å². The van der Waals surface area contributed by atoms with Gasteiger partial charge in [-0.3, -0.25) is 4.55 Å². The van der Waals surface area contributed by atoms with E-state index in [9.17, 15) is 8.42 Å². The van der Waals surface area contributed by atoms with Gasteiger partial charge in [0.2, 0.25) is 0 Å². The van der Waals surface area contributed by atoms with E-state index in [1.165, 1.54) is 12.1 Å². The summed E-state index contributed by atoms with van der Waals surface area (Å²) in [6.45, 7) is 4.18. The fraction of sp³-hybridized carbons (Fsp3) is 0.231. The molecule has 2 aromatic rings. The third-order valence-corrected chi connectivity index (χ3v) is 3.23. The molecule has 6 nitrogen and oxygen atoms in total. The van der Waals surface area contributed by atoms with Crippen molar-refractivity contribution in [3.8, 4) is 0 Å². The van der Waals surface area contributed by atoms with Crippen LogP contribution in [0.4, 0.5) is 0 Å². The molecule has 0 saturated carbocycles. The maximum Gasteiger partial charge on any atom is 0.294 e. The molecule has 0 atom stereocenters. The quantitative estimate of drug-likeness (QED) is 0.813. The van der Waals surface area contributed by atoms with Gasteiger partial charge in [0.15, 0.2) is 0 Å². The van der Waals surface area contributed by atoms with Crippen LogP contribution in [0.1, 0.15) is 17.1 Å². The van der Waals surface area contributed by atoms with Crippen molar-refractivity contribution in [3.63, 3.8) is 0 Å². The second kappa shape index (κ2) is 7.09. The van der Waals surface area contributed by atoms with Crippen LogP contribution >= 0.6 is 0 Å². The van der Waals surface area contributed by atoms with Gasteiger partial charge < -0.3 is 5.73 Å². The molecular weight excluding hydrogens is 278 g/mol. The van der Waals surface area contributed by atoms with E-state index in [-0.39, 0.29) is 4.90 Å². The van der Waals surface area contributed by atoms with Crippen LogP contribution in [0.5, 0.6) is 0 Å². The van der Waals surface area contributed by atoms with Crippen LogP contribution in [0.3, 0.4) is 0 Å². The molecule has 1 aromatic heterocycles. The molecule has 1 heterocycles. The summed E-state index contributed by atoms with van der Waals surface area (Å²) in [5.74, 6) is 0.776. The highest BCUT2D eigenvalue weighted by molar-refractivity contribution is 7.85. The van der Waals surface area contributed by atoms with Crippen LogP contribution in [0.15, 0.2) is 41.4 Å². The molecule has 0 aliphatic carbocycles. The number of hydrogen-bond donors (Lipinski definition) is 2. The molecule has 0 unspecified atom stereocenters. The van der Waals surface area contributed by atoms with E-state index in [1.807, 2.05) is 19.9 Å². The summed E-state index contributed by atoms with van der Waals surface area (Å²) in [7, 11) is -4.02. The number of nitrogens with two attached hydrogens (primary N) is 1. The van der Waals surface area contributed by atoms with Gasteiger partial charge in [0.1, 0.15) is 5.82 Å². The van der Waals surface area contributed by atoms with Crippen LogP contribution in [0, 0.1) is 13.8 Å². The molecule has 0 fully saturated rings. The highest BCUT2D eigenvalue weighted by atomic mass is 32.2. The maximum atomic E-state index is 10.5. The number of rotatable bonds is 2. The zero-order valence-electron chi connectivity index (χ0n) is 11.3. The molecular formula is C13H17N3O3S. The Labute approximate surface area is 118 Å². The Balaban J connectivity index is 0.000000204. The van der Waals surface area contributed by atoms with E-state index in [0.717, 1.165) is 17.1 Å². The first-order valence-electron chi connectivity index (χ1n) is 5.85. The number of nitrogens with zero attached hydrogens (tertiary/aromatic N) is 2.